The van der Waals surface area contributed by atoms with Crippen LogP contribution < -0.4 is 9.47 Å². The third-order valence-corrected chi connectivity index (χ3v) is 6.83. The van der Waals surface area contributed by atoms with Crippen molar-refractivity contribution >= 4 is 21.4 Å². The van der Waals surface area contributed by atoms with Gasteiger partial charge in [0.2, 0.25) is 5.82 Å². The summed E-state index contributed by atoms with van der Waals surface area (Å²) >= 11 is 6.32. The second-order valence-corrected chi connectivity index (χ2v) is 9.24. The highest BCUT2D eigenvalue weighted by Crippen LogP contribution is 2.38. The number of halogens is 1. The number of aromatic nitrogens is 4. The Bertz CT molecular complexity index is 1340. The average molecular weight is 471 g/mol. The van der Waals surface area contributed by atoms with Gasteiger partial charge in [-0.2, -0.15) is 5.21 Å². The lowest BCUT2D eigenvalue weighted by atomic mass is 10.0. The van der Waals surface area contributed by atoms with Crippen LogP contribution in [0, 0.1) is 0 Å². The molecule has 0 saturated carbocycles. The normalized spacial score (nSPS) is 11.3. The van der Waals surface area contributed by atoms with Gasteiger partial charge >= 0.3 is 0 Å². The Morgan fingerprint density at radius 1 is 0.938 bits per heavy atom. The lowest BCUT2D eigenvalue weighted by molar-refractivity contribution is 0.402. The molecule has 0 unspecified atom stereocenters. The van der Waals surface area contributed by atoms with E-state index in [9.17, 15) is 8.42 Å². The molecule has 0 amide bonds. The topological polar surface area (TPSA) is 107 Å². The molecule has 32 heavy (non-hydrogen) atoms. The summed E-state index contributed by atoms with van der Waals surface area (Å²) in [7, 11) is -1.03. The molecule has 4 rings (SSSR count). The molecular formula is C22H19ClN4O4S. The fourth-order valence-electron chi connectivity index (χ4n) is 3.39. The SMILES string of the molecule is COc1ccc(-c2ccccc2)cc1CS(=O)(=O)c1cc(-c2nn[nH]n2)cc(Cl)c1OC. The van der Waals surface area contributed by atoms with Crippen molar-refractivity contribution in [3.05, 3.63) is 71.2 Å². The second-order valence-electron chi connectivity index (χ2n) is 6.88. The molecule has 0 bridgehead atoms. The Balaban J connectivity index is 1.80. The highest BCUT2D eigenvalue weighted by atomic mass is 35.5. The molecule has 3 aromatic carbocycles. The minimum atomic E-state index is -3.90. The van der Waals surface area contributed by atoms with Crippen molar-refractivity contribution in [2.24, 2.45) is 0 Å². The van der Waals surface area contributed by atoms with Gasteiger partial charge in [-0.15, -0.1) is 10.2 Å². The Morgan fingerprint density at radius 3 is 2.38 bits per heavy atom. The standard InChI is InChI=1S/C22H19ClN4O4S/c1-30-19-9-8-15(14-6-4-3-5-7-14)10-17(19)13-32(28,29)20-12-16(22-24-26-27-25-22)11-18(23)21(20)31-2/h3-12H,13H2,1-2H3,(H,24,25,26,27). The van der Waals surface area contributed by atoms with Gasteiger partial charge in [0.25, 0.3) is 0 Å². The van der Waals surface area contributed by atoms with Crippen molar-refractivity contribution in [2.75, 3.05) is 14.2 Å². The van der Waals surface area contributed by atoms with Gasteiger partial charge in [0.05, 0.1) is 25.0 Å². The maximum absolute atomic E-state index is 13.5. The summed E-state index contributed by atoms with van der Waals surface area (Å²) < 4.78 is 37.8. The second kappa shape index (κ2) is 8.97. The van der Waals surface area contributed by atoms with Crippen molar-refractivity contribution in [2.45, 2.75) is 10.6 Å². The summed E-state index contributed by atoms with van der Waals surface area (Å²) in [6.45, 7) is 0. The number of aromatic amines is 1. The third-order valence-electron chi connectivity index (χ3n) is 4.89. The van der Waals surface area contributed by atoms with Gasteiger partial charge in [-0.3, -0.25) is 0 Å². The molecule has 0 atom stereocenters. The highest BCUT2D eigenvalue weighted by Gasteiger charge is 2.26. The minimum absolute atomic E-state index is 0.0529. The van der Waals surface area contributed by atoms with Crippen LogP contribution in [-0.2, 0) is 15.6 Å². The predicted molar refractivity (Wildman–Crippen MR) is 120 cm³/mol. The van der Waals surface area contributed by atoms with Gasteiger partial charge in [0, 0.05) is 11.1 Å². The van der Waals surface area contributed by atoms with Crippen LogP contribution in [0.5, 0.6) is 11.5 Å². The number of ether oxygens (including phenoxy) is 2. The number of methoxy groups -OCH3 is 2. The van der Waals surface area contributed by atoms with E-state index in [1.807, 2.05) is 42.5 Å². The van der Waals surface area contributed by atoms with E-state index in [2.05, 4.69) is 20.6 Å². The van der Waals surface area contributed by atoms with Gasteiger partial charge in [0.15, 0.2) is 15.6 Å². The first-order valence-corrected chi connectivity index (χ1v) is 11.5. The molecule has 1 heterocycles. The Kier molecular flexibility index (Phi) is 6.11. The number of hydrogen-bond donors (Lipinski definition) is 1. The Morgan fingerprint density at radius 2 is 1.72 bits per heavy atom. The van der Waals surface area contributed by atoms with Crippen LogP contribution in [0.4, 0.5) is 0 Å². The molecule has 0 fully saturated rings. The van der Waals surface area contributed by atoms with E-state index in [1.165, 1.54) is 26.4 Å². The molecule has 0 aliphatic rings. The van der Waals surface area contributed by atoms with Crippen LogP contribution >= 0.6 is 11.6 Å². The van der Waals surface area contributed by atoms with E-state index >= 15 is 0 Å². The van der Waals surface area contributed by atoms with Crippen LogP contribution in [0.25, 0.3) is 22.5 Å². The van der Waals surface area contributed by atoms with Crippen molar-refractivity contribution in [1.29, 1.82) is 0 Å². The van der Waals surface area contributed by atoms with Gasteiger partial charge in [-0.25, -0.2) is 8.42 Å². The molecular weight excluding hydrogens is 452 g/mol. The summed E-state index contributed by atoms with van der Waals surface area (Å²) in [6, 6.07) is 18.1. The zero-order chi connectivity index (χ0) is 22.7. The van der Waals surface area contributed by atoms with Crippen LogP contribution in [0.15, 0.2) is 65.6 Å². The number of tetrazole rings is 1. The third kappa shape index (κ3) is 4.30. The maximum atomic E-state index is 13.5. The van der Waals surface area contributed by atoms with E-state index in [-0.39, 0.29) is 27.2 Å². The smallest absolute Gasteiger partial charge is 0.204 e. The van der Waals surface area contributed by atoms with Crippen LogP contribution in [0.3, 0.4) is 0 Å². The largest absolute Gasteiger partial charge is 0.496 e. The number of nitrogens with zero attached hydrogens (tertiary/aromatic N) is 3. The molecule has 0 radical (unpaired) electrons. The van der Waals surface area contributed by atoms with Crippen LogP contribution in [0.1, 0.15) is 5.56 Å². The van der Waals surface area contributed by atoms with Crippen molar-refractivity contribution < 1.29 is 17.9 Å². The number of hydrogen-bond acceptors (Lipinski definition) is 7. The van der Waals surface area contributed by atoms with E-state index in [4.69, 9.17) is 21.1 Å². The molecule has 1 aromatic heterocycles. The van der Waals surface area contributed by atoms with Gasteiger partial charge in [0.1, 0.15) is 10.6 Å². The fourth-order valence-corrected chi connectivity index (χ4v) is 5.32. The van der Waals surface area contributed by atoms with Gasteiger partial charge in [-0.1, -0.05) is 48.0 Å². The van der Waals surface area contributed by atoms with Gasteiger partial charge < -0.3 is 9.47 Å². The quantitative estimate of drug-likeness (QED) is 0.431. The Labute approximate surface area is 190 Å². The Hall–Kier alpha value is -3.43. The molecule has 8 nitrogen and oxygen atoms in total. The van der Waals surface area contributed by atoms with Crippen LogP contribution in [-0.4, -0.2) is 43.3 Å². The lowest BCUT2D eigenvalue weighted by Crippen LogP contribution is -2.09. The average Bonchev–Trinajstić information content (AvgIpc) is 3.34. The predicted octanol–water partition coefficient (Wildman–Crippen LogP) is 4.18. The summed E-state index contributed by atoms with van der Waals surface area (Å²) in [4.78, 5) is -0.0699. The van der Waals surface area contributed by atoms with E-state index in [0.29, 0.717) is 16.9 Å². The monoisotopic (exact) mass is 470 g/mol. The molecule has 0 spiro atoms. The van der Waals surface area contributed by atoms with E-state index < -0.39 is 9.84 Å². The summed E-state index contributed by atoms with van der Waals surface area (Å²) in [5.74, 6) is 0.415. The van der Waals surface area contributed by atoms with Crippen molar-refractivity contribution in [1.82, 2.24) is 20.6 Å². The first-order chi connectivity index (χ1) is 15.4. The summed E-state index contributed by atoms with van der Waals surface area (Å²) in [6.07, 6.45) is 0. The number of nitrogens with one attached hydrogen (secondary N) is 1. The van der Waals surface area contributed by atoms with Crippen molar-refractivity contribution in [3.63, 3.8) is 0 Å². The number of H-pyrrole nitrogens is 1. The fraction of sp³-hybridized carbons (Fsp3) is 0.136. The highest BCUT2D eigenvalue weighted by molar-refractivity contribution is 7.90. The zero-order valence-corrected chi connectivity index (χ0v) is 18.8. The molecule has 4 aromatic rings. The minimum Gasteiger partial charge on any atom is -0.496 e. The molecule has 0 aliphatic carbocycles. The van der Waals surface area contributed by atoms with Crippen LogP contribution in [0.2, 0.25) is 5.02 Å². The molecule has 164 valence electrons. The number of rotatable bonds is 7. The molecule has 0 saturated heterocycles. The molecule has 1 N–H and O–H groups in total. The molecule has 10 heteroatoms. The lowest BCUT2D eigenvalue weighted by Gasteiger charge is -2.15. The van der Waals surface area contributed by atoms with Crippen molar-refractivity contribution in [3.8, 4) is 34.0 Å². The summed E-state index contributed by atoms with van der Waals surface area (Å²) in [5, 5.41) is 13.8. The van der Waals surface area contributed by atoms with Gasteiger partial charge in [-0.05, 0) is 40.6 Å². The summed E-state index contributed by atoms with van der Waals surface area (Å²) in [5.41, 5.74) is 2.75. The first kappa shape index (κ1) is 21.8. The maximum Gasteiger partial charge on any atom is 0.204 e. The van der Waals surface area contributed by atoms with E-state index in [1.54, 1.807) is 6.07 Å². The zero-order valence-electron chi connectivity index (χ0n) is 17.2. The van der Waals surface area contributed by atoms with E-state index in [0.717, 1.165) is 11.1 Å². The number of sulfone groups is 1. The molecule has 0 aliphatic heterocycles. The first-order valence-electron chi connectivity index (χ1n) is 9.49. The number of benzene rings is 3.